The van der Waals surface area contributed by atoms with E-state index in [1.165, 1.54) is 10.9 Å². The molecule has 2 amide bonds. The summed E-state index contributed by atoms with van der Waals surface area (Å²) in [6, 6.07) is 17.2. The highest BCUT2D eigenvalue weighted by Gasteiger charge is 2.44. The van der Waals surface area contributed by atoms with E-state index in [4.69, 9.17) is 14.7 Å². The van der Waals surface area contributed by atoms with Gasteiger partial charge in [0.25, 0.3) is 0 Å². The molecule has 0 saturated carbocycles. The summed E-state index contributed by atoms with van der Waals surface area (Å²) in [5, 5.41) is 40.2. The third kappa shape index (κ3) is 8.54. The molecule has 1 aliphatic rings. The van der Waals surface area contributed by atoms with Crippen molar-refractivity contribution in [2.45, 2.75) is 90.6 Å². The van der Waals surface area contributed by atoms with Crippen LogP contribution in [0.25, 0.3) is 11.2 Å². The Morgan fingerprint density at radius 2 is 1.61 bits per heavy atom. The Kier molecular flexibility index (Phi) is 11.8. The molecule has 0 radical (unpaired) electrons. The summed E-state index contributed by atoms with van der Waals surface area (Å²) in [6.45, 7) is 13.9. The number of hydrogen-bond donors (Lipinski definition) is 6. The number of amides is 2. The topological polar surface area (TPSA) is 170 Å². The van der Waals surface area contributed by atoms with Gasteiger partial charge in [-0.05, 0) is 52.7 Å². The lowest BCUT2D eigenvalue weighted by molar-refractivity contribution is -0.0511. The maximum absolute atomic E-state index is 12.8. The molecular formula is C36H50N8O5. The van der Waals surface area contributed by atoms with Crippen LogP contribution >= 0.6 is 0 Å². The van der Waals surface area contributed by atoms with Gasteiger partial charge in [-0.15, -0.1) is 0 Å². The van der Waals surface area contributed by atoms with Crippen molar-refractivity contribution in [3.63, 3.8) is 0 Å². The lowest BCUT2D eigenvalue weighted by Gasteiger charge is -2.30. The van der Waals surface area contributed by atoms with Crippen molar-refractivity contribution in [1.82, 2.24) is 35.1 Å². The van der Waals surface area contributed by atoms with Crippen LogP contribution in [0.2, 0.25) is 0 Å². The second-order valence-corrected chi connectivity index (χ2v) is 13.3. The van der Waals surface area contributed by atoms with E-state index in [1.807, 2.05) is 0 Å². The molecule has 4 aromatic rings. The molecule has 1 fully saturated rings. The molecule has 2 aromatic carbocycles. The van der Waals surface area contributed by atoms with Gasteiger partial charge in [0.05, 0.1) is 19.5 Å². The Morgan fingerprint density at radius 3 is 2.18 bits per heavy atom. The number of fused-ring (bicyclic) bond motifs is 1. The Labute approximate surface area is 287 Å². The van der Waals surface area contributed by atoms with Gasteiger partial charge in [-0.2, -0.15) is 0 Å². The Hall–Kier alpha value is -4.14. The highest BCUT2D eigenvalue weighted by atomic mass is 16.6. The number of urea groups is 1. The quantitative estimate of drug-likeness (QED) is 0.117. The van der Waals surface area contributed by atoms with E-state index in [0.717, 1.165) is 22.3 Å². The van der Waals surface area contributed by atoms with E-state index in [-0.39, 0.29) is 18.5 Å². The minimum atomic E-state index is -1.32. The minimum absolute atomic E-state index is 0.0176. The smallest absolute Gasteiger partial charge is 0.315 e. The number of aromatic nitrogens is 4. The van der Waals surface area contributed by atoms with Gasteiger partial charge in [0.2, 0.25) is 0 Å². The number of aliphatic hydroxyl groups excluding tert-OH is 3. The fourth-order valence-corrected chi connectivity index (χ4v) is 6.49. The van der Waals surface area contributed by atoms with E-state index in [1.54, 1.807) is 0 Å². The second-order valence-electron chi connectivity index (χ2n) is 13.3. The number of aryl methyl sites for hydroxylation is 2. The van der Waals surface area contributed by atoms with E-state index in [9.17, 15) is 20.1 Å². The number of aliphatic hydroxyl groups is 3. The summed E-state index contributed by atoms with van der Waals surface area (Å²) in [6.07, 6.45) is -3.14. The average molecular weight is 675 g/mol. The lowest BCUT2D eigenvalue weighted by atomic mass is 9.89. The molecule has 1 saturated heterocycles. The number of nitrogens with zero attached hydrogens (tertiary/aromatic N) is 5. The number of ether oxygens (including phenoxy) is 1. The van der Waals surface area contributed by atoms with Crippen LogP contribution in [0.1, 0.15) is 67.9 Å². The van der Waals surface area contributed by atoms with Crippen LogP contribution < -0.4 is 16.0 Å². The lowest BCUT2D eigenvalue weighted by Crippen LogP contribution is -2.44. The van der Waals surface area contributed by atoms with Gasteiger partial charge in [0.15, 0.2) is 29.0 Å². The van der Waals surface area contributed by atoms with Crippen molar-refractivity contribution in [3.8, 4) is 0 Å². The third-order valence-electron chi connectivity index (χ3n) is 9.01. The summed E-state index contributed by atoms with van der Waals surface area (Å²) in [5.74, 6) is 0.741. The van der Waals surface area contributed by atoms with Crippen molar-refractivity contribution < 1.29 is 24.9 Å². The Morgan fingerprint density at radius 1 is 0.959 bits per heavy atom. The molecule has 3 heterocycles. The summed E-state index contributed by atoms with van der Waals surface area (Å²) < 4.78 is 7.34. The second kappa shape index (κ2) is 16.0. The summed E-state index contributed by atoms with van der Waals surface area (Å²) in [5.41, 5.74) is 5.38. The van der Waals surface area contributed by atoms with Crippen molar-refractivity contribution in [3.05, 3.63) is 82.9 Å². The van der Waals surface area contributed by atoms with Gasteiger partial charge >= 0.3 is 6.03 Å². The van der Waals surface area contributed by atoms with Crippen LogP contribution in [0, 0.1) is 13.8 Å². The first-order valence-electron chi connectivity index (χ1n) is 17.0. The molecule has 49 heavy (non-hydrogen) atoms. The molecule has 13 heteroatoms. The molecule has 0 unspecified atom stereocenters. The largest absolute Gasteiger partial charge is 0.394 e. The van der Waals surface area contributed by atoms with Gasteiger partial charge in [-0.25, -0.2) is 19.7 Å². The highest BCUT2D eigenvalue weighted by Crippen LogP contribution is 2.33. The fourth-order valence-electron chi connectivity index (χ4n) is 6.49. The molecular weight excluding hydrogens is 624 g/mol. The molecule has 5 rings (SSSR count). The van der Waals surface area contributed by atoms with E-state index < -0.39 is 31.1 Å². The monoisotopic (exact) mass is 674 g/mol. The average Bonchev–Trinajstić information content (AvgIpc) is 3.61. The first-order valence-corrected chi connectivity index (χ1v) is 17.0. The van der Waals surface area contributed by atoms with Crippen LogP contribution in [0.3, 0.4) is 0 Å². The van der Waals surface area contributed by atoms with Crippen molar-refractivity contribution in [1.29, 1.82) is 0 Å². The standard InChI is InChI=1S/C36H50N8O5/c1-21(2)43(22(3)4)14-13-37-36(48)39-18-29-41-33(30-34(42-29)44(20-40-30)35-32(47)31(46)28(19-45)49-35)38-17-27(25-11-7-9-23(5)15-25)26-12-8-10-24(6)16-26/h7-12,15-16,20-22,27-28,31-32,35,45-47H,13-14,17-19H2,1-6H3,(H2,37,39,48)(H,38,41,42)/t28-,31-,32-,35-/m1/s1. The van der Waals surface area contributed by atoms with E-state index in [2.05, 4.69) is 116 Å². The number of rotatable bonds is 14. The van der Waals surface area contributed by atoms with Gasteiger partial charge < -0.3 is 36.0 Å². The molecule has 6 N–H and O–H groups in total. The maximum Gasteiger partial charge on any atom is 0.315 e. The summed E-state index contributed by atoms with van der Waals surface area (Å²) >= 11 is 0. The molecule has 0 bridgehead atoms. The maximum atomic E-state index is 12.8. The van der Waals surface area contributed by atoms with Gasteiger partial charge in [-0.3, -0.25) is 9.47 Å². The van der Waals surface area contributed by atoms with Crippen LogP contribution in [0.15, 0.2) is 54.9 Å². The van der Waals surface area contributed by atoms with Gasteiger partial charge in [0, 0.05) is 37.6 Å². The zero-order chi connectivity index (χ0) is 35.2. The summed E-state index contributed by atoms with van der Waals surface area (Å²) in [7, 11) is 0. The predicted molar refractivity (Wildman–Crippen MR) is 188 cm³/mol. The van der Waals surface area contributed by atoms with Crippen LogP contribution in [0.5, 0.6) is 0 Å². The fraction of sp³-hybridized carbons (Fsp3) is 0.500. The third-order valence-corrected chi connectivity index (χ3v) is 9.01. The van der Waals surface area contributed by atoms with Gasteiger partial charge in [-0.1, -0.05) is 59.7 Å². The first-order chi connectivity index (χ1) is 23.5. The normalized spacial score (nSPS) is 19.4. The van der Waals surface area contributed by atoms with Crippen LogP contribution in [-0.2, 0) is 11.3 Å². The summed E-state index contributed by atoms with van der Waals surface area (Å²) in [4.78, 5) is 29.2. The van der Waals surface area contributed by atoms with E-state index in [0.29, 0.717) is 54.5 Å². The zero-order valence-electron chi connectivity index (χ0n) is 29.2. The number of nitrogens with one attached hydrogen (secondary N) is 3. The highest BCUT2D eigenvalue weighted by molar-refractivity contribution is 5.83. The van der Waals surface area contributed by atoms with Crippen molar-refractivity contribution in [2.24, 2.45) is 0 Å². The molecule has 4 atom stereocenters. The number of imidazole rings is 1. The minimum Gasteiger partial charge on any atom is -0.394 e. The molecule has 0 aliphatic carbocycles. The molecule has 1 aliphatic heterocycles. The van der Waals surface area contributed by atoms with Crippen LogP contribution in [0.4, 0.5) is 10.6 Å². The number of hydrogen-bond acceptors (Lipinski definition) is 10. The zero-order valence-corrected chi connectivity index (χ0v) is 29.2. The Bertz CT molecular complexity index is 1660. The first kappa shape index (κ1) is 36.1. The van der Waals surface area contributed by atoms with Crippen molar-refractivity contribution in [2.75, 3.05) is 31.6 Å². The Balaban J connectivity index is 1.42. The van der Waals surface area contributed by atoms with Gasteiger partial charge in [0.1, 0.15) is 18.3 Å². The van der Waals surface area contributed by atoms with E-state index >= 15 is 0 Å². The van der Waals surface area contributed by atoms with Crippen LogP contribution in [-0.4, -0.2) is 102 Å². The SMILES string of the molecule is Cc1cccc(C(CNc2nc(CNC(=O)NCCN(C(C)C)C(C)C)nc3c2ncn3[C@@H]2O[C@H](CO)[C@@H](O)[C@H]2O)c2cccc(C)c2)c1. The molecule has 264 valence electrons. The number of anilines is 1. The number of carbonyl (C=O) groups is 1. The number of carbonyl (C=O) groups excluding carboxylic acids is 1. The molecule has 0 spiro atoms. The predicted octanol–water partition coefficient (Wildman–Crippen LogP) is 3.22. The number of benzene rings is 2. The molecule has 13 nitrogen and oxygen atoms in total. The van der Waals surface area contributed by atoms with Crippen molar-refractivity contribution >= 4 is 23.0 Å². The molecule has 2 aromatic heterocycles.